The Labute approximate surface area is 221 Å². The van der Waals surface area contributed by atoms with Gasteiger partial charge in [-0.3, -0.25) is 4.79 Å². The largest absolute Gasteiger partial charge is 0.450 e. The van der Waals surface area contributed by atoms with Crippen molar-refractivity contribution >= 4 is 50.1 Å². The number of hydrogen-bond donors (Lipinski definition) is 3. The van der Waals surface area contributed by atoms with Crippen LogP contribution in [0.25, 0.3) is 10.8 Å². The zero-order valence-corrected chi connectivity index (χ0v) is 22.5. The molecule has 10 nitrogen and oxygen atoms in total. The van der Waals surface area contributed by atoms with Gasteiger partial charge in [-0.05, 0) is 74.8 Å². The molecule has 0 radical (unpaired) electrons. The Morgan fingerprint density at radius 3 is 2.51 bits per heavy atom. The number of alkyl carbamates (subject to hydrolysis) is 1. The third-order valence-corrected chi connectivity index (χ3v) is 9.08. The minimum atomic E-state index is -3.93. The minimum Gasteiger partial charge on any atom is -0.450 e. The summed E-state index contributed by atoms with van der Waals surface area (Å²) in [6.45, 7) is 4.55. The van der Waals surface area contributed by atoms with E-state index in [4.69, 9.17) is 21.7 Å². The summed E-state index contributed by atoms with van der Waals surface area (Å²) in [6.07, 6.45) is 0.404. The van der Waals surface area contributed by atoms with Gasteiger partial charge < -0.3 is 25.7 Å². The average molecular weight is 550 g/mol. The standard InChI is InChI=1S/C25H32ClN5O5S/c1-3-36-24(33)29-25(8-10-28-11-9-25)23(17(2)27)31-13-12-30(16-22(31)32)37(34,35)21-7-5-18-14-20(26)6-4-19(18)15-21/h4-7,14-15,23,27-28H,3,8-13,16H2,1-2H3,(H,29,33). The molecular weight excluding hydrogens is 518 g/mol. The van der Waals surface area contributed by atoms with E-state index in [-0.39, 0.29) is 36.8 Å². The van der Waals surface area contributed by atoms with Crippen molar-refractivity contribution in [1.82, 2.24) is 19.8 Å². The Bertz CT molecular complexity index is 1310. The van der Waals surface area contributed by atoms with E-state index in [1.54, 1.807) is 44.2 Å². The summed E-state index contributed by atoms with van der Waals surface area (Å²) in [5.41, 5.74) is -0.670. The van der Waals surface area contributed by atoms with Gasteiger partial charge in [0, 0.05) is 23.8 Å². The summed E-state index contributed by atoms with van der Waals surface area (Å²) in [4.78, 5) is 27.5. The molecule has 3 N–H and O–H groups in total. The van der Waals surface area contributed by atoms with Crippen LogP contribution in [0.4, 0.5) is 4.79 Å². The number of hydrogen-bond acceptors (Lipinski definition) is 7. The second kappa shape index (κ2) is 10.9. The maximum absolute atomic E-state index is 13.4. The van der Waals surface area contributed by atoms with E-state index >= 15 is 0 Å². The van der Waals surface area contributed by atoms with Gasteiger partial charge in [0.05, 0.1) is 29.6 Å². The molecule has 2 fully saturated rings. The Balaban J connectivity index is 1.58. The summed E-state index contributed by atoms with van der Waals surface area (Å²) < 4.78 is 33.2. The Morgan fingerprint density at radius 1 is 1.19 bits per heavy atom. The predicted molar refractivity (Wildman–Crippen MR) is 142 cm³/mol. The maximum atomic E-state index is 13.4. The lowest BCUT2D eigenvalue weighted by Crippen LogP contribution is -2.70. The zero-order valence-electron chi connectivity index (χ0n) is 20.9. The molecule has 0 aromatic heterocycles. The molecule has 0 spiro atoms. The number of piperazine rings is 1. The zero-order chi connectivity index (χ0) is 26.8. The number of nitrogens with one attached hydrogen (secondary N) is 3. The molecule has 2 aromatic carbocycles. The molecule has 2 saturated heterocycles. The normalized spacial score (nSPS) is 19.4. The van der Waals surface area contributed by atoms with Gasteiger partial charge in [0.1, 0.15) is 0 Å². The maximum Gasteiger partial charge on any atom is 0.407 e. The first-order chi connectivity index (χ1) is 17.6. The molecule has 4 rings (SSSR count). The number of ether oxygens (including phenoxy) is 1. The van der Waals surface area contributed by atoms with Crippen LogP contribution < -0.4 is 10.6 Å². The fourth-order valence-electron chi connectivity index (χ4n) is 5.30. The van der Waals surface area contributed by atoms with Crippen LogP contribution in [0, 0.1) is 5.41 Å². The van der Waals surface area contributed by atoms with Crippen LogP contribution in [-0.4, -0.2) is 86.2 Å². The van der Waals surface area contributed by atoms with Gasteiger partial charge in [0.25, 0.3) is 0 Å². The first kappa shape index (κ1) is 27.3. The number of carbonyl (C=O) groups excluding carboxylic acids is 2. The first-order valence-electron chi connectivity index (χ1n) is 12.3. The highest BCUT2D eigenvalue weighted by Gasteiger charge is 2.48. The van der Waals surface area contributed by atoms with E-state index in [9.17, 15) is 18.0 Å². The molecule has 12 heteroatoms. The second-order valence-electron chi connectivity index (χ2n) is 9.42. The smallest absolute Gasteiger partial charge is 0.407 e. The predicted octanol–water partition coefficient (Wildman–Crippen LogP) is 2.60. The highest BCUT2D eigenvalue weighted by Crippen LogP contribution is 2.31. The number of nitrogens with zero attached hydrogens (tertiary/aromatic N) is 2. The van der Waals surface area contributed by atoms with Gasteiger partial charge in [-0.25, -0.2) is 13.2 Å². The number of rotatable bonds is 7. The van der Waals surface area contributed by atoms with Crippen molar-refractivity contribution in [3.05, 3.63) is 41.4 Å². The van der Waals surface area contributed by atoms with Crippen LogP contribution in [0.1, 0.15) is 26.7 Å². The Kier molecular flexibility index (Phi) is 8.08. The number of amides is 2. The van der Waals surface area contributed by atoms with Crippen LogP contribution in [0.3, 0.4) is 0 Å². The lowest BCUT2D eigenvalue weighted by Gasteiger charge is -2.49. The molecule has 37 heavy (non-hydrogen) atoms. The molecule has 2 aliphatic heterocycles. The quantitative estimate of drug-likeness (QED) is 0.455. The highest BCUT2D eigenvalue weighted by molar-refractivity contribution is 7.89. The molecule has 2 aromatic rings. The fraction of sp³-hybridized carbons (Fsp3) is 0.480. The van der Waals surface area contributed by atoms with E-state index in [2.05, 4.69) is 10.6 Å². The van der Waals surface area contributed by atoms with Gasteiger partial charge in [-0.1, -0.05) is 23.7 Å². The van der Waals surface area contributed by atoms with Gasteiger partial charge in [0.2, 0.25) is 15.9 Å². The molecule has 2 heterocycles. The van der Waals surface area contributed by atoms with Crippen LogP contribution in [-0.2, 0) is 19.6 Å². The third kappa shape index (κ3) is 5.59. The van der Waals surface area contributed by atoms with Crippen LogP contribution >= 0.6 is 11.6 Å². The van der Waals surface area contributed by atoms with Crippen molar-refractivity contribution in [2.24, 2.45) is 0 Å². The third-order valence-electron chi connectivity index (χ3n) is 7.00. The highest BCUT2D eigenvalue weighted by atomic mass is 35.5. The number of piperidine rings is 1. The monoisotopic (exact) mass is 549 g/mol. The summed E-state index contributed by atoms with van der Waals surface area (Å²) in [7, 11) is -3.93. The molecule has 0 saturated carbocycles. The van der Waals surface area contributed by atoms with Crippen LogP contribution in [0.2, 0.25) is 5.02 Å². The number of sulfonamides is 1. The van der Waals surface area contributed by atoms with E-state index in [0.717, 1.165) is 10.8 Å². The SMILES string of the molecule is CCOC(=O)NC1(C(C(C)=N)N2CCN(S(=O)(=O)c3ccc4cc(Cl)ccc4c3)CC2=O)CCNCC1. The topological polar surface area (TPSA) is 132 Å². The lowest BCUT2D eigenvalue weighted by molar-refractivity contribution is -0.137. The summed E-state index contributed by atoms with van der Waals surface area (Å²) in [5.74, 6) is -0.414. The number of fused-ring (bicyclic) bond motifs is 1. The number of benzene rings is 2. The number of carbonyl (C=O) groups is 2. The van der Waals surface area contributed by atoms with Crippen LogP contribution in [0.5, 0.6) is 0 Å². The molecule has 200 valence electrons. The van der Waals surface area contributed by atoms with Crippen molar-refractivity contribution in [3.63, 3.8) is 0 Å². The Morgan fingerprint density at radius 2 is 1.86 bits per heavy atom. The van der Waals surface area contributed by atoms with Crippen molar-refractivity contribution < 1.29 is 22.7 Å². The van der Waals surface area contributed by atoms with Crippen molar-refractivity contribution in [1.29, 1.82) is 5.41 Å². The molecule has 0 aliphatic carbocycles. The Hall–Kier alpha value is -2.73. The fourth-order valence-corrected chi connectivity index (χ4v) is 6.90. The molecule has 2 amide bonds. The minimum absolute atomic E-state index is 0.0737. The van der Waals surface area contributed by atoms with Crippen molar-refractivity contribution in [2.45, 2.75) is 43.2 Å². The average Bonchev–Trinajstić information content (AvgIpc) is 2.85. The van der Waals surface area contributed by atoms with E-state index in [0.29, 0.717) is 31.0 Å². The molecule has 2 aliphatic rings. The van der Waals surface area contributed by atoms with E-state index in [1.807, 2.05) is 0 Å². The summed E-state index contributed by atoms with van der Waals surface area (Å²) in [6, 6.07) is 9.29. The molecule has 1 atom stereocenters. The summed E-state index contributed by atoms with van der Waals surface area (Å²) in [5, 5.41) is 16.8. The van der Waals surface area contributed by atoms with Crippen LogP contribution in [0.15, 0.2) is 41.3 Å². The van der Waals surface area contributed by atoms with Gasteiger partial charge >= 0.3 is 6.09 Å². The van der Waals surface area contributed by atoms with Gasteiger partial charge in [-0.2, -0.15) is 4.31 Å². The molecule has 1 unspecified atom stereocenters. The van der Waals surface area contributed by atoms with Crippen molar-refractivity contribution in [3.8, 4) is 0 Å². The van der Waals surface area contributed by atoms with E-state index in [1.165, 1.54) is 15.3 Å². The first-order valence-corrected chi connectivity index (χ1v) is 14.1. The van der Waals surface area contributed by atoms with Crippen molar-refractivity contribution in [2.75, 3.05) is 39.3 Å². The molecular formula is C25H32ClN5O5S. The summed E-state index contributed by atoms with van der Waals surface area (Å²) >= 11 is 6.04. The second-order valence-corrected chi connectivity index (χ2v) is 11.8. The lowest BCUT2D eigenvalue weighted by atomic mass is 9.78. The van der Waals surface area contributed by atoms with E-state index < -0.39 is 33.6 Å². The number of halogens is 1. The van der Waals surface area contributed by atoms with Gasteiger partial charge in [-0.15, -0.1) is 0 Å². The van der Waals surface area contributed by atoms with Gasteiger partial charge in [0.15, 0.2) is 0 Å². The molecule has 0 bridgehead atoms.